The van der Waals surface area contributed by atoms with E-state index in [1.54, 1.807) is 13.3 Å². The van der Waals surface area contributed by atoms with Crippen molar-refractivity contribution in [3.63, 3.8) is 0 Å². The molecule has 1 amide bonds. The highest BCUT2D eigenvalue weighted by Gasteiger charge is 2.15. The lowest BCUT2D eigenvalue weighted by molar-refractivity contribution is -0.116. The molecule has 1 heterocycles. The molecule has 0 radical (unpaired) electrons. The molecule has 6 heteroatoms. The van der Waals surface area contributed by atoms with Crippen molar-refractivity contribution >= 4 is 29.1 Å². The molecule has 0 atom stereocenters. The van der Waals surface area contributed by atoms with Crippen LogP contribution in [0.25, 0.3) is 11.1 Å². The Hall–Kier alpha value is -2.60. The number of amides is 1. The number of ether oxygens (including phenoxy) is 1. The Morgan fingerprint density at radius 3 is 2.70 bits per heavy atom. The van der Waals surface area contributed by atoms with E-state index < -0.39 is 0 Å². The molecule has 23 heavy (non-hydrogen) atoms. The lowest BCUT2D eigenvalue weighted by Crippen LogP contribution is -2.19. The summed E-state index contributed by atoms with van der Waals surface area (Å²) in [5, 5.41) is 11.1. The normalized spacial score (nSPS) is 16.0. The maximum absolute atomic E-state index is 11.0. The lowest BCUT2D eigenvalue weighted by atomic mass is 10.0. The van der Waals surface area contributed by atoms with Crippen LogP contribution in [-0.4, -0.2) is 30.2 Å². The Morgan fingerprint density at radius 2 is 2.00 bits per heavy atom. The van der Waals surface area contributed by atoms with Crippen LogP contribution in [0.15, 0.2) is 58.7 Å². The third kappa shape index (κ3) is 3.98. The minimum absolute atomic E-state index is 0.0356. The molecule has 0 saturated carbocycles. The van der Waals surface area contributed by atoms with Gasteiger partial charge in [0.25, 0.3) is 0 Å². The Labute approximate surface area is 138 Å². The van der Waals surface area contributed by atoms with Crippen molar-refractivity contribution in [1.29, 1.82) is 0 Å². The summed E-state index contributed by atoms with van der Waals surface area (Å²) in [5.74, 6) is 1.20. The fourth-order valence-corrected chi connectivity index (χ4v) is 2.72. The molecule has 1 aliphatic heterocycles. The summed E-state index contributed by atoms with van der Waals surface area (Å²) in [6, 6.07) is 15.9. The second kappa shape index (κ2) is 7.11. The van der Waals surface area contributed by atoms with Crippen LogP contribution < -0.4 is 10.1 Å². The molecule has 5 nitrogen and oxygen atoms in total. The number of hydrogen-bond donors (Lipinski definition) is 1. The molecule has 0 bridgehead atoms. The predicted molar refractivity (Wildman–Crippen MR) is 94.1 cm³/mol. The number of thioether (sulfide) groups is 1. The number of nitrogens with one attached hydrogen (secondary N) is 1. The highest BCUT2D eigenvalue weighted by atomic mass is 32.2. The summed E-state index contributed by atoms with van der Waals surface area (Å²) >= 11 is 1.35. The average molecular weight is 325 g/mol. The van der Waals surface area contributed by atoms with E-state index in [-0.39, 0.29) is 5.91 Å². The van der Waals surface area contributed by atoms with Gasteiger partial charge in [-0.3, -0.25) is 4.79 Å². The van der Waals surface area contributed by atoms with Crippen molar-refractivity contribution in [3.05, 3.63) is 54.1 Å². The van der Waals surface area contributed by atoms with Crippen LogP contribution in [0.1, 0.15) is 5.56 Å². The number of methoxy groups -OCH3 is 1. The summed E-state index contributed by atoms with van der Waals surface area (Å²) in [6.07, 6.45) is 1.66. The van der Waals surface area contributed by atoms with Gasteiger partial charge in [0.2, 0.25) is 5.91 Å². The van der Waals surface area contributed by atoms with E-state index in [2.05, 4.69) is 15.5 Å². The van der Waals surface area contributed by atoms with Gasteiger partial charge in [-0.05, 0) is 28.8 Å². The smallest absolute Gasteiger partial charge is 0.236 e. The minimum Gasteiger partial charge on any atom is -0.497 e. The van der Waals surface area contributed by atoms with Crippen LogP contribution in [0.2, 0.25) is 0 Å². The van der Waals surface area contributed by atoms with Gasteiger partial charge in [-0.1, -0.05) is 48.2 Å². The van der Waals surface area contributed by atoms with Gasteiger partial charge in [-0.15, -0.1) is 5.10 Å². The second-order valence-corrected chi connectivity index (χ2v) is 5.80. The molecule has 0 unspecified atom stereocenters. The fourth-order valence-electron chi connectivity index (χ4n) is 2.09. The van der Waals surface area contributed by atoms with E-state index >= 15 is 0 Å². The van der Waals surface area contributed by atoms with Crippen LogP contribution in [-0.2, 0) is 4.79 Å². The Kier molecular flexibility index (Phi) is 4.73. The third-order valence-corrected chi connectivity index (χ3v) is 4.12. The van der Waals surface area contributed by atoms with Crippen molar-refractivity contribution in [2.45, 2.75) is 0 Å². The van der Waals surface area contributed by atoms with Gasteiger partial charge in [0, 0.05) is 0 Å². The first-order valence-electron chi connectivity index (χ1n) is 7.03. The minimum atomic E-state index is -0.0356. The number of hydrogen-bond acceptors (Lipinski definition) is 5. The van der Waals surface area contributed by atoms with Crippen LogP contribution in [0.4, 0.5) is 0 Å². The Morgan fingerprint density at radius 1 is 1.17 bits per heavy atom. The largest absolute Gasteiger partial charge is 0.497 e. The molecule has 1 N–H and O–H groups in total. The van der Waals surface area contributed by atoms with Gasteiger partial charge in [0.05, 0.1) is 19.1 Å². The third-order valence-electron chi connectivity index (χ3n) is 3.26. The summed E-state index contributed by atoms with van der Waals surface area (Å²) in [5.41, 5.74) is 3.14. The monoisotopic (exact) mass is 325 g/mol. The molecule has 1 fully saturated rings. The molecule has 1 saturated heterocycles. The van der Waals surface area contributed by atoms with E-state index in [1.165, 1.54) is 11.8 Å². The SMILES string of the molecule is COc1cccc(-c2ccc(C=NN=C3NC(=O)CS3)cc2)c1. The maximum Gasteiger partial charge on any atom is 0.236 e. The van der Waals surface area contributed by atoms with Gasteiger partial charge in [0.1, 0.15) is 5.75 Å². The topological polar surface area (TPSA) is 63.1 Å². The molecule has 2 aromatic rings. The van der Waals surface area contributed by atoms with Crippen LogP contribution in [0.3, 0.4) is 0 Å². The number of carbonyl (C=O) groups excluding carboxylic acids is 1. The van der Waals surface area contributed by atoms with Crippen molar-refractivity contribution in [1.82, 2.24) is 5.32 Å². The molecule has 0 aliphatic carbocycles. The number of amidine groups is 1. The van der Waals surface area contributed by atoms with E-state index in [0.29, 0.717) is 10.9 Å². The van der Waals surface area contributed by atoms with E-state index in [1.807, 2.05) is 48.5 Å². The zero-order valence-electron chi connectivity index (χ0n) is 12.5. The van der Waals surface area contributed by atoms with Gasteiger partial charge in [-0.2, -0.15) is 5.10 Å². The number of rotatable bonds is 4. The van der Waals surface area contributed by atoms with Crippen molar-refractivity contribution in [2.24, 2.45) is 10.2 Å². The highest BCUT2D eigenvalue weighted by Crippen LogP contribution is 2.23. The molecule has 0 spiro atoms. The van der Waals surface area contributed by atoms with E-state index in [4.69, 9.17) is 4.74 Å². The molecule has 1 aliphatic rings. The zero-order chi connectivity index (χ0) is 16.1. The van der Waals surface area contributed by atoms with Crippen molar-refractivity contribution in [2.75, 3.05) is 12.9 Å². The number of benzene rings is 2. The maximum atomic E-state index is 11.0. The highest BCUT2D eigenvalue weighted by molar-refractivity contribution is 8.15. The average Bonchev–Trinajstić information content (AvgIpc) is 3.01. The first-order valence-corrected chi connectivity index (χ1v) is 8.01. The van der Waals surface area contributed by atoms with E-state index in [0.717, 1.165) is 22.4 Å². The molecule has 3 rings (SSSR count). The molecular formula is C17H15N3O2S. The summed E-state index contributed by atoms with van der Waals surface area (Å²) in [7, 11) is 1.66. The van der Waals surface area contributed by atoms with Gasteiger partial charge < -0.3 is 10.1 Å². The Balaban J connectivity index is 1.70. The molecular weight excluding hydrogens is 310 g/mol. The first-order chi connectivity index (χ1) is 11.2. The summed E-state index contributed by atoms with van der Waals surface area (Å²) in [6.45, 7) is 0. The van der Waals surface area contributed by atoms with E-state index in [9.17, 15) is 4.79 Å². The number of nitrogens with zero attached hydrogens (tertiary/aromatic N) is 2. The molecule has 0 aromatic heterocycles. The van der Waals surface area contributed by atoms with Crippen molar-refractivity contribution in [3.8, 4) is 16.9 Å². The Bertz CT molecular complexity index is 770. The zero-order valence-corrected chi connectivity index (χ0v) is 13.3. The molecule has 2 aromatic carbocycles. The standard InChI is InChI=1S/C17H15N3O2S/c1-22-15-4-2-3-14(9-15)13-7-5-12(6-8-13)10-18-20-17-19-16(21)11-23-17/h2-10H,11H2,1H3,(H,19,20,21). The number of carbonyl (C=O) groups is 1. The molecule has 116 valence electrons. The van der Waals surface area contributed by atoms with Crippen LogP contribution in [0, 0.1) is 0 Å². The first kappa shape index (κ1) is 15.3. The quantitative estimate of drug-likeness (QED) is 0.694. The second-order valence-electron chi connectivity index (χ2n) is 4.84. The van der Waals surface area contributed by atoms with Gasteiger partial charge in [0.15, 0.2) is 5.17 Å². The van der Waals surface area contributed by atoms with Crippen molar-refractivity contribution < 1.29 is 9.53 Å². The lowest BCUT2D eigenvalue weighted by Gasteiger charge is -2.05. The fraction of sp³-hybridized carbons (Fsp3) is 0.118. The predicted octanol–water partition coefficient (Wildman–Crippen LogP) is 2.92. The summed E-state index contributed by atoms with van der Waals surface area (Å²) in [4.78, 5) is 11.0. The van der Waals surface area contributed by atoms with Gasteiger partial charge >= 0.3 is 0 Å². The summed E-state index contributed by atoms with van der Waals surface area (Å²) < 4.78 is 5.24. The van der Waals surface area contributed by atoms with Crippen LogP contribution in [0.5, 0.6) is 5.75 Å². The van der Waals surface area contributed by atoms with Gasteiger partial charge in [-0.25, -0.2) is 0 Å². The van der Waals surface area contributed by atoms with Crippen LogP contribution >= 0.6 is 11.8 Å².